The maximum absolute atomic E-state index is 10.9. The van der Waals surface area contributed by atoms with Gasteiger partial charge >= 0.3 is 5.97 Å². The number of rotatable bonds is 3. The molecule has 0 fully saturated rings. The number of carboxylic acids is 1. The van der Waals surface area contributed by atoms with Crippen molar-refractivity contribution < 1.29 is 14.7 Å². The number of hydrogen-bond acceptors (Lipinski definition) is 4. The van der Waals surface area contributed by atoms with Crippen LogP contribution < -0.4 is 5.73 Å². The van der Waals surface area contributed by atoms with E-state index < -0.39 is 12.0 Å². The molecule has 0 bridgehead atoms. The summed E-state index contributed by atoms with van der Waals surface area (Å²) >= 11 is 0. The standard InChI is InChI=1S/C9H10N2O3/c1-5(12)8(10)7-4-6(9(13)14)2-3-11-7/h2-4,8H,10H2,1H3,(H,13,14). The molecule has 0 spiro atoms. The third-order valence-corrected chi connectivity index (χ3v) is 1.78. The molecule has 1 aromatic rings. The Morgan fingerprint density at radius 1 is 1.57 bits per heavy atom. The summed E-state index contributed by atoms with van der Waals surface area (Å²) in [5.74, 6) is -1.32. The minimum absolute atomic E-state index is 0.0756. The first kappa shape index (κ1) is 10.3. The number of ketones is 1. The molecule has 0 aromatic carbocycles. The number of carbonyl (C=O) groups is 2. The molecule has 0 saturated heterocycles. The molecule has 1 atom stereocenters. The molecule has 1 rings (SSSR count). The molecule has 1 aromatic heterocycles. The molecule has 0 amide bonds. The van der Waals surface area contributed by atoms with Gasteiger partial charge in [0.05, 0.1) is 11.3 Å². The normalized spacial score (nSPS) is 12.1. The lowest BCUT2D eigenvalue weighted by Crippen LogP contribution is -2.20. The largest absolute Gasteiger partial charge is 0.478 e. The minimum atomic E-state index is -1.07. The van der Waals surface area contributed by atoms with Crippen LogP contribution in [0.3, 0.4) is 0 Å². The lowest BCUT2D eigenvalue weighted by Gasteiger charge is -2.06. The van der Waals surface area contributed by atoms with Crippen molar-refractivity contribution in [2.24, 2.45) is 5.73 Å². The van der Waals surface area contributed by atoms with Gasteiger partial charge in [0.25, 0.3) is 0 Å². The van der Waals surface area contributed by atoms with E-state index in [1.54, 1.807) is 0 Å². The molecule has 5 heteroatoms. The number of carbonyl (C=O) groups excluding carboxylic acids is 1. The van der Waals surface area contributed by atoms with Gasteiger partial charge in [0.1, 0.15) is 6.04 Å². The average molecular weight is 194 g/mol. The zero-order chi connectivity index (χ0) is 10.7. The maximum Gasteiger partial charge on any atom is 0.335 e. The highest BCUT2D eigenvalue weighted by molar-refractivity contribution is 5.88. The van der Waals surface area contributed by atoms with Crippen molar-refractivity contribution in [2.75, 3.05) is 0 Å². The lowest BCUT2D eigenvalue weighted by atomic mass is 10.1. The van der Waals surface area contributed by atoms with E-state index >= 15 is 0 Å². The Labute approximate surface area is 80.6 Å². The Bertz CT molecular complexity index is 376. The summed E-state index contributed by atoms with van der Waals surface area (Å²) in [5.41, 5.74) is 5.85. The van der Waals surface area contributed by atoms with E-state index in [4.69, 9.17) is 10.8 Å². The SMILES string of the molecule is CC(=O)C(N)c1cc(C(=O)O)ccn1. The Morgan fingerprint density at radius 2 is 2.21 bits per heavy atom. The van der Waals surface area contributed by atoms with Crippen LogP contribution in [0.4, 0.5) is 0 Å². The molecule has 0 aliphatic heterocycles. The van der Waals surface area contributed by atoms with Crippen LogP contribution in [-0.4, -0.2) is 21.8 Å². The van der Waals surface area contributed by atoms with E-state index in [0.29, 0.717) is 0 Å². The van der Waals surface area contributed by atoms with Gasteiger partial charge in [-0.1, -0.05) is 0 Å². The second kappa shape index (κ2) is 3.97. The van der Waals surface area contributed by atoms with Gasteiger partial charge in [0.2, 0.25) is 0 Å². The summed E-state index contributed by atoms with van der Waals surface area (Å²) in [7, 11) is 0. The fourth-order valence-electron chi connectivity index (χ4n) is 0.960. The van der Waals surface area contributed by atoms with Gasteiger partial charge in [0, 0.05) is 6.20 Å². The summed E-state index contributed by atoms with van der Waals surface area (Å²) in [6.45, 7) is 1.33. The van der Waals surface area contributed by atoms with Crippen LogP contribution in [0.2, 0.25) is 0 Å². The minimum Gasteiger partial charge on any atom is -0.478 e. The number of nitrogens with zero attached hydrogens (tertiary/aromatic N) is 1. The van der Waals surface area contributed by atoms with E-state index in [1.165, 1.54) is 25.3 Å². The average Bonchev–Trinajstić information content (AvgIpc) is 2.16. The van der Waals surface area contributed by atoms with Crippen molar-refractivity contribution >= 4 is 11.8 Å². The van der Waals surface area contributed by atoms with Crippen LogP contribution in [0.1, 0.15) is 29.0 Å². The molecule has 74 valence electrons. The molecule has 1 heterocycles. The highest BCUT2D eigenvalue weighted by Crippen LogP contribution is 2.10. The zero-order valence-corrected chi connectivity index (χ0v) is 7.60. The zero-order valence-electron chi connectivity index (χ0n) is 7.60. The van der Waals surface area contributed by atoms with Gasteiger partial charge in [-0.25, -0.2) is 4.79 Å². The summed E-state index contributed by atoms with van der Waals surface area (Å²) in [6, 6.07) is 1.79. The Morgan fingerprint density at radius 3 is 2.71 bits per heavy atom. The van der Waals surface area contributed by atoms with Crippen molar-refractivity contribution in [3.05, 3.63) is 29.6 Å². The third-order valence-electron chi connectivity index (χ3n) is 1.78. The smallest absolute Gasteiger partial charge is 0.335 e. The van der Waals surface area contributed by atoms with Crippen molar-refractivity contribution in [1.82, 2.24) is 4.98 Å². The number of carboxylic acid groups (broad SMARTS) is 1. The Balaban J connectivity index is 3.05. The van der Waals surface area contributed by atoms with Gasteiger partial charge in [0.15, 0.2) is 5.78 Å². The van der Waals surface area contributed by atoms with Crippen LogP contribution in [0, 0.1) is 0 Å². The van der Waals surface area contributed by atoms with Crippen LogP contribution in [-0.2, 0) is 4.79 Å². The molecule has 0 aliphatic rings. The monoisotopic (exact) mass is 194 g/mol. The summed E-state index contributed by atoms with van der Waals surface area (Å²) in [6.07, 6.45) is 1.32. The van der Waals surface area contributed by atoms with Gasteiger partial charge in [-0.2, -0.15) is 0 Å². The van der Waals surface area contributed by atoms with E-state index in [9.17, 15) is 9.59 Å². The number of pyridine rings is 1. The molecule has 14 heavy (non-hydrogen) atoms. The van der Waals surface area contributed by atoms with Gasteiger partial charge in [-0.3, -0.25) is 9.78 Å². The fraction of sp³-hybridized carbons (Fsp3) is 0.222. The van der Waals surface area contributed by atoms with Crippen molar-refractivity contribution in [1.29, 1.82) is 0 Å². The van der Waals surface area contributed by atoms with Gasteiger partial charge in [-0.05, 0) is 19.1 Å². The summed E-state index contributed by atoms with van der Waals surface area (Å²) in [5, 5.41) is 8.68. The lowest BCUT2D eigenvalue weighted by molar-refractivity contribution is -0.118. The van der Waals surface area contributed by atoms with Crippen molar-refractivity contribution in [3.63, 3.8) is 0 Å². The first-order chi connectivity index (χ1) is 6.52. The number of Topliss-reactive ketones (excluding diaryl/α,β-unsaturated/α-hetero) is 1. The highest BCUT2D eigenvalue weighted by Gasteiger charge is 2.14. The number of hydrogen-bond donors (Lipinski definition) is 2. The highest BCUT2D eigenvalue weighted by atomic mass is 16.4. The first-order valence-corrected chi connectivity index (χ1v) is 3.97. The summed E-state index contributed by atoms with van der Waals surface area (Å²) < 4.78 is 0. The Kier molecular flexibility index (Phi) is 2.93. The fourth-order valence-corrected chi connectivity index (χ4v) is 0.960. The van der Waals surface area contributed by atoms with Crippen LogP contribution in [0.15, 0.2) is 18.3 Å². The topological polar surface area (TPSA) is 93.3 Å². The molecule has 5 nitrogen and oxygen atoms in total. The van der Waals surface area contributed by atoms with E-state index in [-0.39, 0.29) is 17.0 Å². The van der Waals surface area contributed by atoms with Crippen LogP contribution in [0.5, 0.6) is 0 Å². The molecule has 0 radical (unpaired) electrons. The maximum atomic E-state index is 10.9. The van der Waals surface area contributed by atoms with E-state index in [1.807, 2.05) is 0 Å². The van der Waals surface area contributed by atoms with Crippen molar-refractivity contribution in [2.45, 2.75) is 13.0 Å². The molecule has 0 aliphatic carbocycles. The Hall–Kier alpha value is -1.75. The number of aromatic nitrogens is 1. The van der Waals surface area contributed by atoms with E-state index in [2.05, 4.69) is 4.98 Å². The predicted molar refractivity (Wildman–Crippen MR) is 48.8 cm³/mol. The quantitative estimate of drug-likeness (QED) is 0.725. The number of nitrogens with two attached hydrogens (primary N) is 1. The third kappa shape index (κ3) is 2.14. The van der Waals surface area contributed by atoms with Crippen LogP contribution in [0.25, 0.3) is 0 Å². The van der Waals surface area contributed by atoms with Gasteiger partial charge < -0.3 is 10.8 Å². The second-order valence-electron chi connectivity index (χ2n) is 2.86. The summed E-state index contributed by atoms with van der Waals surface area (Å²) in [4.78, 5) is 25.3. The molecular weight excluding hydrogens is 184 g/mol. The molecule has 1 unspecified atom stereocenters. The van der Waals surface area contributed by atoms with E-state index in [0.717, 1.165) is 0 Å². The van der Waals surface area contributed by atoms with Crippen LogP contribution >= 0.6 is 0 Å². The van der Waals surface area contributed by atoms with Crippen molar-refractivity contribution in [3.8, 4) is 0 Å². The number of aromatic carboxylic acids is 1. The molecular formula is C9H10N2O3. The molecule has 3 N–H and O–H groups in total. The predicted octanol–water partition coefficient (Wildman–Crippen LogP) is 0.369. The second-order valence-corrected chi connectivity index (χ2v) is 2.86. The molecule has 0 saturated carbocycles. The first-order valence-electron chi connectivity index (χ1n) is 3.97. The van der Waals surface area contributed by atoms with Gasteiger partial charge in [-0.15, -0.1) is 0 Å².